The Hall–Kier alpha value is -7.83. The van der Waals surface area contributed by atoms with E-state index in [4.69, 9.17) is 19.4 Å². The summed E-state index contributed by atoms with van der Waals surface area (Å²) < 4.78 is 11.4. The van der Waals surface area contributed by atoms with Crippen LogP contribution in [0.3, 0.4) is 0 Å². The molecule has 6 heteroatoms. The van der Waals surface area contributed by atoms with Crippen molar-refractivity contribution in [2.75, 3.05) is 0 Å². The third-order valence-corrected chi connectivity index (χ3v) is 11.7. The number of fused-ring (bicyclic) bond motifs is 12. The molecule has 0 fully saturated rings. The van der Waals surface area contributed by atoms with Crippen molar-refractivity contribution in [2.24, 2.45) is 0 Å². The average molecular weight is 728 g/mol. The number of para-hydroxylation sites is 4. The molecule has 5 aromatic heterocycles. The summed E-state index contributed by atoms with van der Waals surface area (Å²) in [5.41, 5.74) is 13.2. The van der Waals surface area contributed by atoms with Gasteiger partial charge in [-0.1, -0.05) is 97.1 Å². The Morgan fingerprint density at radius 2 is 1.04 bits per heavy atom. The predicted molar refractivity (Wildman–Crippen MR) is 232 cm³/mol. The van der Waals surface area contributed by atoms with Gasteiger partial charge in [0.15, 0.2) is 11.4 Å². The van der Waals surface area contributed by atoms with E-state index in [2.05, 4.69) is 148 Å². The highest BCUT2D eigenvalue weighted by atomic mass is 16.3. The maximum atomic E-state index is 6.69. The largest absolute Gasteiger partial charge is 0.435 e. The molecule has 8 aromatic carbocycles. The van der Waals surface area contributed by atoms with Gasteiger partial charge in [0.25, 0.3) is 0 Å². The number of hydrogen-bond acceptors (Lipinski definition) is 4. The number of benzene rings is 8. The summed E-state index contributed by atoms with van der Waals surface area (Å²) in [7, 11) is 0. The molecule has 57 heavy (non-hydrogen) atoms. The van der Waals surface area contributed by atoms with E-state index in [1.54, 1.807) is 0 Å². The van der Waals surface area contributed by atoms with E-state index >= 15 is 0 Å². The average Bonchev–Trinajstić information content (AvgIpc) is 4.03. The molecule has 13 aromatic rings. The Labute approximate surface area is 324 Å². The smallest absolute Gasteiger partial charge is 0.227 e. The van der Waals surface area contributed by atoms with Crippen LogP contribution in [-0.2, 0) is 0 Å². The van der Waals surface area contributed by atoms with Crippen LogP contribution in [0.15, 0.2) is 180 Å². The Morgan fingerprint density at radius 3 is 1.88 bits per heavy atom. The quantitative estimate of drug-likeness (QED) is 0.181. The number of nitrogens with zero attached hydrogens (tertiary/aromatic N) is 5. The first-order chi connectivity index (χ1) is 28.3. The summed E-state index contributed by atoms with van der Waals surface area (Å²) in [6.07, 6.45) is 0. The lowest BCUT2D eigenvalue weighted by Gasteiger charge is -2.11. The molecule has 0 radical (unpaired) electrons. The number of aromatic nitrogens is 5. The molecule has 0 bridgehead atoms. The van der Waals surface area contributed by atoms with Crippen LogP contribution in [0.2, 0.25) is 0 Å². The van der Waals surface area contributed by atoms with Gasteiger partial charge in [-0.2, -0.15) is 0 Å². The van der Waals surface area contributed by atoms with Crippen LogP contribution >= 0.6 is 0 Å². The summed E-state index contributed by atoms with van der Waals surface area (Å²) in [4.78, 5) is 15.6. The van der Waals surface area contributed by atoms with E-state index < -0.39 is 0 Å². The monoisotopic (exact) mass is 727 g/mol. The molecule has 0 aliphatic rings. The molecule has 0 N–H and O–H groups in total. The fourth-order valence-electron chi connectivity index (χ4n) is 9.19. The van der Waals surface area contributed by atoms with Gasteiger partial charge in [-0.15, -0.1) is 0 Å². The van der Waals surface area contributed by atoms with E-state index in [1.165, 1.54) is 21.7 Å². The zero-order chi connectivity index (χ0) is 37.2. The molecular weight excluding hydrogens is 699 g/mol. The molecule has 6 nitrogen and oxygen atoms in total. The molecule has 5 heterocycles. The van der Waals surface area contributed by atoms with Gasteiger partial charge < -0.3 is 13.4 Å². The standard InChI is InChI=1S/C51H29N5O/c1-3-13-30(14-4-1)51-53-41-29-38-35-18-9-12-22-43(35)56-45-26-24-32(28-39(45)46(48(38)56)49(41)57-51)50-52-40-20-10-7-19-36(40)47(54-50)31-23-25-44-37(27-31)34-17-8-11-21-42(34)55(44)33-15-5-2-6-16-33/h1-29H. The molecule has 0 saturated carbocycles. The van der Waals surface area contributed by atoms with Crippen LogP contribution in [0.25, 0.3) is 122 Å². The zero-order valence-corrected chi connectivity index (χ0v) is 30.4. The molecule has 264 valence electrons. The molecule has 0 unspecified atom stereocenters. The molecule has 0 aliphatic carbocycles. The van der Waals surface area contributed by atoms with Gasteiger partial charge in [0.1, 0.15) is 5.52 Å². The first-order valence-corrected chi connectivity index (χ1v) is 19.2. The zero-order valence-electron chi connectivity index (χ0n) is 30.4. The second kappa shape index (κ2) is 11.4. The summed E-state index contributed by atoms with van der Waals surface area (Å²) in [5, 5.41) is 7.88. The lowest BCUT2D eigenvalue weighted by atomic mass is 10.0. The van der Waals surface area contributed by atoms with Crippen LogP contribution in [0.4, 0.5) is 0 Å². The SMILES string of the molecule is c1ccc(-c2nc3cc4c5ccccc5n5c6ccc(-c7nc(-c8ccc9c(c8)c8ccccc8n9-c8ccccc8)c8ccccc8n7)cc6c(c3o2)c45)cc1. The van der Waals surface area contributed by atoms with E-state index in [-0.39, 0.29) is 0 Å². The van der Waals surface area contributed by atoms with Gasteiger partial charge in [0.2, 0.25) is 5.89 Å². The van der Waals surface area contributed by atoms with Crippen molar-refractivity contribution in [3.8, 4) is 39.8 Å². The molecular formula is C51H29N5O. The van der Waals surface area contributed by atoms with Gasteiger partial charge in [0.05, 0.1) is 44.2 Å². The van der Waals surface area contributed by atoms with E-state index in [9.17, 15) is 0 Å². The summed E-state index contributed by atoms with van der Waals surface area (Å²) >= 11 is 0. The van der Waals surface area contributed by atoms with Crippen molar-refractivity contribution >= 4 is 81.9 Å². The summed E-state index contributed by atoms with van der Waals surface area (Å²) in [6.45, 7) is 0. The highest BCUT2D eigenvalue weighted by Crippen LogP contribution is 2.45. The van der Waals surface area contributed by atoms with Crippen molar-refractivity contribution in [3.63, 3.8) is 0 Å². The highest BCUT2D eigenvalue weighted by molar-refractivity contribution is 6.30. The first kappa shape index (κ1) is 30.5. The van der Waals surface area contributed by atoms with Gasteiger partial charge in [-0.25, -0.2) is 15.0 Å². The van der Waals surface area contributed by atoms with Crippen LogP contribution in [-0.4, -0.2) is 23.9 Å². The molecule has 0 saturated heterocycles. The maximum Gasteiger partial charge on any atom is 0.227 e. The van der Waals surface area contributed by atoms with E-state index in [0.29, 0.717) is 11.7 Å². The second-order valence-corrected chi connectivity index (χ2v) is 14.8. The molecule has 0 aliphatic heterocycles. The maximum absolute atomic E-state index is 6.69. The second-order valence-electron chi connectivity index (χ2n) is 14.8. The third-order valence-electron chi connectivity index (χ3n) is 11.7. The molecule has 13 rings (SSSR count). The fraction of sp³-hybridized carbons (Fsp3) is 0. The predicted octanol–water partition coefficient (Wildman–Crippen LogP) is 13.0. The molecule has 0 amide bonds. The Kier molecular flexibility index (Phi) is 6.07. The number of rotatable bonds is 4. The highest BCUT2D eigenvalue weighted by Gasteiger charge is 2.24. The van der Waals surface area contributed by atoms with Crippen LogP contribution in [0.5, 0.6) is 0 Å². The number of hydrogen-bond donors (Lipinski definition) is 0. The van der Waals surface area contributed by atoms with Crippen molar-refractivity contribution < 1.29 is 4.42 Å². The van der Waals surface area contributed by atoms with Crippen molar-refractivity contribution in [1.29, 1.82) is 0 Å². The van der Waals surface area contributed by atoms with E-state index in [1.807, 2.05) is 36.4 Å². The lowest BCUT2D eigenvalue weighted by Crippen LogP contribution is -1.96. The lowest BCUT2D eigenvalue weighted by molar-refractivity contribution is 0.623. The molecule has 0 atom stereocenters. The van der Waals surface area contributed by atoms with E-state index in [0.717, 1.165) is 88.3 Å². The Morgan fingerprint density at radius 1 is 0.404 bits per heavy atom. The van der Waals surface area contributed by atoms with Crippen molar-refractivity contribution in [2.45, 2.75) is 0 Å². The van der Waals surface area contributed by atoms with Crippen molar-refractivity contribution in [3.05, 3.63) is 176 Å². The van der Waals surface area contributed by atoms with Gasteiger partial charge in [-0.05, 0) is 78.9 Å². The number of oxazole rings is 1. The van der Waals surface area contributed by atoms with Crippen molar-refractivity contribution in [1.82, 2.24) is 23.9 Å². The van der Waals surface area contributed by atoms with Crippen LogP contribution < -0.4 is 0 Å². The normalized spacial score (nSPS) is 12.2. The minimum absolute atomic E-state index is 0.612. The third kappa shape index (κ3) is 4.26. The Balaban J connectivity index is 1.05. The van der Waals surface area contributed by atoms with Crippen LogP contribution in [0.1, 0.15) is 0 Å². The fourth-order valence-corrected chi connectivity index (χ4v) is 9.19. The summed E-state index contributed by atoms with van der Waals surface area (Å²) in [5.74, 6) is 1.28. The minimum atomic E-state index is 0.612. The molecule has 0 spiro atoms. The minimum Gasteiger partial charge on any atom is -0.435 e. The van der Waals surface area contributed by atoms with Gasteiger partial charge >= 0.3 is 0 Å². The van der Waals surface area contributed by atoms with Gasteiger partial charge in [0, 0.05) is 54.7 Å². The topological polar surface area (TPSA) is 61.2 Å². The van der Waals surface area contributed by atoms with Gasteiger partial charge in [-0.3, -0.25) is 0 Å². The summed E-state index contributed by atoms with van der Waals surface area (Å²) in [6, 6.07) is 61.8. The van der Waals surface area contributed by atoms with Crippen LogP contribution in [0, 0.1) is 0 Å². The first-order valence-electron chi connectivity index (χ1n) is 19.2. The Bertz CT molecular complexity index is 3750.